The lowest BCUT2D eigenvalue weighted by atomic mass is 9.72. The van der Waals surface area contributed by atoms with Crippen LogP contribution in [-0.2, 0) is 5.41 Å². The summed E-state index contributed by atoms with van der Waals surface area (Å²) in [5.74, 6) is -0.0241. The molecule has 2 aromatic carbocycles. The minimum atomic E-state index is -0.831. The molecule has 2 heterocycles. The van der Waals surface area contributed by atoms with E-state index in [9.17, 15) is 14.9 Å². The third kappa shape index (κ3) is 3.87. The van der Waals surface area contributed by atoms with Gasteiger partial charge in [0, 0.05) is 35.5 Å². The van der Waals surface area contributed by atoms with Gasteiger partial charge in [-0.25, -0.2) is 0 Å². The lowest BCUT2D eigenvalue weighted by Gasteiger charge is -2.33. The van der Waals surface area contributed by atoms with E-state index in [1.807, 2.05) is 12.1 Å². The van der Waals surface area contributed by atoms with E-state index >= 15 is 0 Å². The van der Waals surface area contributed by atoms with Crippen molar-refractivity contribution in [2.24, 2.45) is 17.4 Å². The zero-order valence-electron chi connectivity index (χ0n) is 21.5. The van der Waals surface area contributed by atoms with E-state index in [0.717, 1.165) is 40.8 Å². The molecule has 2 unspecified atom stereocenters. The van der Waals surface area contributed by atoms with Gasteiger partial charge in [0.25, 0.3) is 0 Å². The normalized spacial score (nSPS) is 22.4. The van der Waals surface area contributed by atoms with Crippen molar-refractivity contribution in [3.63, 3.8) is 0 Å². The zero-order valence-corrected chi connectivity index (χ0v) is 21.5. The Morgan fingerprint density at radius 3 is 2.36 bits per heavy atom. The van der Waals surface area contributed by atoms with Gasteiger partial charge in [-0.1, -0.05) is 23.9 Å². The molecule has 11 heteroatoms. The van der Waals surface area contributed by atoms with Gasteiger partial charge in [0.1, 0.15) is 6.04 Å². The quantitative estimate of drug-likeness (QED) is 0.326. The first-order chi connectivity index (χ1) is 18.7. The predicted molar refractivity (Wildman–Crippen MR) is 142 cm³/mol. The van der Waals surface area contributed by atoms with Gasteiger partial charge in [-0.05, 0) is 78.6 Å². The smallest absolute Gasteiger partial charge is 0.248 e. The summed E-state index contributed by atoms with van der Waals surface area (Å²) in [7, 11) is 0. The highest BCUT2D eigenvalue weighted by molar-refractivity contribution is 5.98. The van der Waals surface area contributed by atoms with E-state index in [4.69, 9.17) is 11.5 Å². The van der Waals surface area contributed by atoms with E-state index in [1.54, 1.807) is 24.3 Å². The number of carbonyl (C=O) groups excluding carboxylic acids is 2. The molecule has 1 saturated heterocycles. The Bertz CT molecular complexity index is 1480. The SMILES string of the molecule is C=C(CN[C@H](C)CC1(c2nn[nH]n2)c2ccc(C(N)=O)cc2-c2cc(C(N)=O)ccc21)N1C(C#N)C[C@@H]2CC21. The Morgan fingerprint density at radius 2 is 1.82 bits per heavy atom. The number of amides is 2. The highest BCUT2D eigenvalue weighted by atomic mass is 16.1. The molecular weight excluding hydrogens is 494 g/mol. The van der Waals surface area contributed by atoms with E-state index in [0.29, 0.717) is 41.9 Å². The number of fused-ring (bicyclic) bond motifs is 4. The molecule has 1 aliphatic heterocycles. The number of hydrogen-bond acceptors (Lipinski definition) is 8. The summed E-state index contributed by atoms with van der Waals surface area (Å²) in [5, 5.41) is 28.4. The molecule has 3 aliphatic rings. The number of benzene rings is 2. The maximum absolute atomic E-state index is 12.1. The van der Waals surface area contributed by atoms with E-state index < -0.39 is 17.2 Å². The Labute approximate surface area is 225 Å². The van der Waals surface area contributed by atoms with Crippen molar-refractivity contribution in [3.05, 3.63) is 76.8 Å². The molecule has 3 aromatic rings. The third-order valence-corrected chi connectivity index (χ3v) is 8.43. The van der Waals surface area contributed by atoms with Crippen LogP contribution in [-0.4, -0.2) is 62.0 Å². The van der Waals surface area contributed by atoms with E-state index in [2.05, 4.69) is 50.4 Å². The van der Waals surface area contributed by atoms with Crippen LogP contribution in [0.15, 0.2) is 48.7 Å². The minimum absolute atomic E-state index is 0.0520. The highest BCUT2D eigenvalue weighted by Gasteiger charge is 2.53. The summed E-state index contributed by atoms with van der Waals surface area (Å²) in [6.07, 6.45) is 2.58. The summed E-state index contributed by atoms with van der Waals surface area (Å²) in [6, 6.07) is 13.3. The maximum atomic E-state index is 12.1. The number of rotatable bonds is 9. The van der Waals surface area contributed by atoms with Crippen molar-refractivity contribution >= 4 is 11.8 Å². The fraction of sp³-hybridized carbons (Fsp3) is 0.357. The summed E-state index contributed by atoms with van der Waals surface area (Å²) in [6.45, 7) is 6.90. The van der Waals surface area contributed by atoms with Crippen LogP contribution in [0.2, 0.25) is 0 Å². The van der Waals surface area contributed by atoms with Crippen LogP contribution in [0.3, 0.4) is 0 Å². The van der Waals surface area contributed by atoms with Crippen LogP contribution >= 0.6 is 0 Å². The second-order valence-electron chi connectivity index (χ2n) is 10.8. The third-order valence-electron chi connectivity index (χ3n) is 8.43. The second kappa shape index (κ2) is 9.03. The molecule has 0 radical (unpaired) electrons. The van der Waals surface area contributed by atoms with Gasteiger partial charge in [0.2, 0.25) is 11.8 Å². The molecule has 1 aromatic heterocycles. The van der Waals surface area contributed by atoms with E-state index in [1.165, 1.54) is 0 Å². The molecule has 6 N–H and O–H groups in total. The Hall–Kier alpha value is -4.56. The van der Waals surface area contributed by atoms with Crippen molar-refractivity contribution < 1.29 is 9.59 Å². The van der Waals surface area contributed by atoms with Gasteiger partial charge in [0.15, 0.2) is 5.82 Å². The lowest BCUT2D eigenvalue weighted by Crippen LogP contribution is -2.41. The molecule has 198 valence electrons. The fourth-order valence-electron chi connectivity index (χ4n) is 6.57. The molecule has 4 atom stereocenters. The average Bonchev–Trinajstić information content (AvgIpc) is 3.26. The molecule has 0 bridgehead atoms. The number of nitrogens with two attached hydrogens (primary N) is 2. The predicted octanol–water partition coefficient (Wildman–Crippen LogP) is 1.58. The first-order valence-corrected chi connectivity index (χ1v) is 13.0. The number of primary amides is 2. The van der Waals surface area contributed by atoms with Crippen molar-refractivity contribution in [3.8, 4) is 17.2 Å². The second-order valence-corrected chi connectivity index (χ2v) is 10.8. The maximum Gasteiger partial charge on any atom is 0.248 e. The van der Waals surface area contributed by atoms with Crippen molar-refractivity contribution in [2.45, 2.75) is 49.7 Å². The number of aromatic amines is 1. The summed E-state index contributed by atoms with van der Waals surface area (Å²) >= 11 is 0. The van der Waals surface area contributed by atoms with Gasteiger partial charge in [-0.15, -0.1) is 10.2 Å². The van der Waals surface area contributed by atoms with Gasteiger partial charge in [-0.3, -0.25) is 9.59 Å². The largest absolute Gasteiger partial charge is 0.366 e. The van der Waals surface area contributed by atoms with Crippen molar-refractivity contribution in [1.29, 1.82) is 5.26 Å². The van der Waals surface area contributed by atoms with Crippen LogP contribution in [0.1, 0.15) is 63.9 Å². The number of nitrogens with zero attached hydrogens (tertiary/aromatic N) is 5. The topological polar surface area (TPSA) is 180 Å². The van der Waals surface area contributed by atoms with Crippen LogP contribution in [0.4, 0.5) is 0 Å². The number of carbonyl (C=O) groups is 2. The Morgan fingerprint density at radius 1 is 1.18 bits per heavy atom. The molecular formula is C28H29N9O2. The van der Waals surface area contributed by atoms with Gasteiger partial charge in [-0.2, -0.15) is 10.5 Å². The monoisotopic (exact) mass is 523 g/mol. The molecule has 2 fully saturated rings. The minimum Gasteiger partial charge on any atom is -0.366 e. The fourth-order valence-corrected chi connectivity index (χ4v) is 6.57. The van der Waals surface area contributed by atoms with Crippen molar-refractivity contribution in [2.75, 3.05) is 6.54 Å². The zero-order chi connectivity index (χ0) is 27.5. The van der Waals surface area contributed by atoms with Crippen LogP contribution in [0.5, 0.6) is 0 Å². The summed E-state index contributed by atoms with van der Waals surface area (Å²) in [4.78, 5) is 26.3. The lowest BCUT2D eigenvalue weighted by molar-refractivity contribution is 0.0991. The number of aromatic nitrogens is 4. The number of tetrazole rings is 1. The standard InChI is InChI=1S/C28H29N9O2/c1-14(32-13-15(2)37-19(12-29)7-18-10-24(18)37)11-28(27-33-35-36-34-27)22-5-3-16(25(30)38)8-20(22)21-9-17(26(31)39)4-6-23(21)28/h3-6,8-9,14,18-19,24,32H,2,7,10-11,13H2,1H3,(H2,30,38)(H2,31,39)(H,33,34,35,36)/t14-,18-,19?,24?/m1/s1. The molecule has 6 rings (SSSR count). The molecule has 11 nitrogen and oxygen atoms in total. The number of likely N-dealkylation sites (tertiary alicyclic amines) is 1. The van der Waals surface area contributed by atoms with Crippen LogP contribution in [0.25, 0.3) is 11.1 Å². The first kappa shape index (κ1) is 24.8. The number of nitrogens with one attached hydrogen (secondary N) is 2. The first-order valence-electron chi connectivity index (χ1n) is 13.0. The Balaban J connectivity index is 1.37. The Kier molecular flexibility index (Phi) is 5.73. The summed E-state index contributed by atoms with van der Waals surface area (Å²) in [5.41, 5.74) is 15.3. The van der Waals surface area contributed by atoms with Crippen LogP contribution in [0, 0.1) is 17.2 Å². The average molecular weight is 524 g/mol. The van der Waals surface area contributed by atoms with Gasteiger partial charge >= 0.3 is 0 Å². The van der Waals surface area contributed by atoms with E-state index in [-0.39, 0.29) is 12.1 Å². The number of hydrogen-bond donors (Lipinski definition) is 4. The van der Waals surface area contributed by atoms with Crippen molar-refractivity contribution in [1.82, 2.24) is 30.8 Å². The molecule has 39 heavy (non-hydrogen) atoms. The molecule has 2 aliphatic carbocycles. The molecule has 2 amide bonds. The number of nitriles is 1. The molecule has 0 spiro atoms. The van der Waals surface area contributed by atoms with Crippen LogP contribution < -0.4 is 16.8 Å². The molecule has 1 saturated carbocycles. The highest BCUT2D eigenvalue weighted by Crippen LogP contribution is 2.54. The van der Waals surface area contributed by atoms with Gasteiger partial charge in [0.05, 0.1) is 11.5 Å². The van der Waals surface area contributed by atoms with Gasteiger partial charge < -0.3 is 21.7 Å². The summed E-state index contributed by atoms with van der Waals surface area (Å²) < 4.78 is 0. The number of piperidine rings is 1. The number of H-pyrrole nitrogens is 1.